The molecule has 118 valence electrons. The molecule has 0 aliphatic carbocycles. The first-order valence-electron chi connectivity index (χ1n) is 6.78. The van der Waals surface area contributed by atoms with Gasteiger partial charge in [-0.25, -0.2) is 13.8 Å². The fourth-order valence-electron chi connectivity index (χ4n) is 2.08. The number of hydrogen-bond acceptors (Lipinski definition) is 4. The Morgan fingerprint density at radius 3 is 2.65 bits per heavy atom. The molecule has 0 spiro atoms. The summed E-state index contributed by atoms with van der Waals surface area (Å²) in [5.41, 5.74) is 0.204. The van der Waals surface area contributed by atoms with Crippen LogP contribution >= 0.6 is 11.3 Å². The molecule has 0 radical (unpaired) electrons. The molecule has 7 heteroatoms. The van der Waals surface area contributed by atoms with Crippen LogP contribution in [-0.4, -0.2) is 10.9 Å². The second-order valence-electron chi connectivity index (χ2n) is 4.79. The fourth-order valence-corrected chi connectivity index (χ4v) is 3.11. The summed E-state index contributed by atoms with van der Waals surface area (Å²) in [4.78, 5) is 16.6. The van der Waals surface area contributed by atoms with Gasteiger partial charge >= 0.3 is 0 Å². The molecular formula is C16H12F2N2O2S. The average Bonchev–Trinajstić information content (AvgIpc) is 3.14. The molecule has 0 saturated heterocycles. The molecule has 23 heavy (non-hydrogen) atoms. The van der Waals surface area contributed by atoms with Crippen LogP contribution in [0.1, 0.15) is 21.1 Å². The maximum Gasteiger partial charge on any atom is 0.263 e. The lowest BCUT2D eigenvalue weighted by molar-refractivity contribution is 0.0951. The van der Waals surface area contributed by atoms with Crippen LogP contribution in [0.2, 0.25) is 0 Å². The molecule has 3 rings (SSSR count). The maximum absolute atomic E-state index is 13.8. The Morgan fingerprint density at radius 2 is 2.00 bits per heavy atom. The van der Waals surface area contributed by atoms with E-state index in [1.165, 1.54) is 12.3 Å². The van der Waals surface area contributed by atoms with Gasteiger partial charge in [0.05, 0.1) is 24.1 Å². The molecule has 0 aliphatic heterocycles. The summed E-state index contributed by atoms with van der Waals surface area (Å²) in [7, 11) is 0. The summed E-state index contributed by atoms with van der Waals surface area (Å²) in [5, 5.41) is 2.83. The zero-order chi connectivity index (χ0) is 16.4. The largest absolute Gasteiger partial charge is 0.467 e. The van der Waals surface area contributed by atoms with E-state index in [0.29, 0.717) is 16.3 Å². The smallest absolute Gasteiger partial charge is 0.263 e. The Labute approximate surface area is 134 Å². The number of carbonyl (C=O) groups excluding carboxylic acids is 1. The number of aryl methyl sites for hydroxylation is 1. The zero-order valence-electron chi connectivity index (χ0n) is 12.1. The molecule has 0 unspecified atom stereocenters. The van der Waals surface area contributed by atoms with E-state index in [9.17, 15) is 13.6 Å². The first-order chi connectivity index (χ1) is 11.1. The first-order valence-corrected chi connectivity index (χ1v) is 7.60. The number of thiazole rings is 1. The standard InChI is InChI=1S/C16H12F2N2O2S/c1-9-14(15(21)19-8-10-4-3-7-22-10)23-16(20-9)13-11(17)5-2-6-12(13)18/h2-7H,8H2,1H3,(H,19,21). The minimum Gasteiger partial charge on any atom is -0.467 e. The van der Waals surface area contributed by atoms with Crippen LogP contribution in [0.3, 0.4) is 0 Å². The molecule has 0 fully saturated rings. The van der Waals surface area contributed by atoms with Gasteiger partial charge in [-0.2, -0.15) is 0 Å². The van der Waals surface area contributed by atoms with Gasteiger partial charge in [-0.05, 0) is 31.2 Å². The topological polar surface area (TPSA) is 55.1 Å². The van der Waals surface area contributed by atoms with Crippen molar-refractivity contribution in [3.8, 4) is 10.6 Å². The second-order valence-corrected chi connectivity index (χ2v) is 5.79. The van der Waals surface area contributed by atoms with Gasteiger partial charge in [0.1, 0.15) is 27.3 Å². The normalized spacial score (nSPS) is 10.7. The molecule has 4 nitrogen and oxygen atoms in total. The highest BCUT2D eigenvalue weighted by atomic mass is 32.1. The van der Waals surface area contributed by atoms with E-state index in [2.05, 4.69) is 10.3 Å². The van der Waals surface area contributed by atoms with E-state index in [1.54, 1.807) is 19.1 Å². The van der Waals surface area contributed by atoms with E-state index in [0.717, 1.165) is 23.5 Å². The number of nitrogens with one attached hydrogen (secondary N) is 1. The molecule has 0 bridgehead atoms. The average molecular weight is 334 g/mol. The SMILES string of the molecule is Cc1nc(-c2c(F)cccc2F)sc1C(=O)NCc1ccco1. The third kappa shape index (κ3) is 3.14. The van der Waals surface area contributed by atoms with Gasteiger partial charge < -0.3 is 9.73 Å². The number of nitrogens with zero attached hydrogens (tertiary/aromatic N) is 1. The highest BCUT2D eigenvalue weighted by molar-refractivity contribution is 7.17. The number of furan rings is 1. The monoisotopic (exact) mass is 334 g/mol. The van der Waals surface area contributed by atoms with Crippen LogP contribution in [0.5, 0.6) is 0 Å². The Bertz CT molecular complexity index is 824. The maximum atomic E-state index is 13.8. The lowest BCUT2D eigenvalue weighted by Gasteiger charge is -2.01. The predicted octanol–water partition coefficient (Wildman–Crippen LogP) is 3.92. The van der Waals surface area contributed by atoms with Crippen molar-refractivity contribution in [3.05, 3.63) is 64.6 Å². The fraction of sp³-hybridized carbons (Fsp3) is 0.125. The Hall–Kier alpha value is -2.54. The van der Waals surface area contributed by atoms with Crippen LogP contribution in [0.25, 0.3) is 10.6 Å². The zero-order valence-corrected chi connectivity index (χ0v) is 12.9. The molecule has 2 aromatic heterocycles. The second kappa shape index (κ2) is 6.29. The van der Waals surface area contributed by atoms with Crippen molar-refractivity contribution < 1.29 is 18.0 Å². The number of aromatic nitrogens is 1. The number of hydrogen-bond donors (Lipinski definition) is 1. The van der Waals surface area contributed by atoms with E-state index in [4.69, 9.17) is 4.42 Å². The quantitative estimate of drug-likeness (QED) is 0.787. The van der Waals surface area contributed by atoms with Crippen LogP contribution in [0, 0.1) is 18.6 Å². The van der Waals surface area contributed by atoms with Gasteiger partial charge in [-0.3, -0.25) is 4.79 Å². The van der Waals surface area contributed by atoms with Crippen molar-refractivity contribution in [3.63, 3.8) is 0 Å². The van der Waals surface area contributed by atoms with E-state index in [-0.39, 0.29) is 23.0 Å². The number of carbonyl (C=O) groups is 1. The number of amides is 1. The number of halogens is 2. The third-order valence-corrected chi connectivity index (χ3v) is 4.36. The van der Waals surface area contributed by atoms with Gasteiger partial charge in [0.25, 0.3) is 5.91 Å². The molecule has 3 aromatic rings. The van der Waals surface area contributed by atoms with Crippen molar-refractivity contribution in [2.24, 2.45) is 0 Å². The van der Waals surface area contributed by atoms with Crippen LogP contribution in [-0.2, 0) is 6.54 Å². The summed E-state index contributed by atoms with van der Waals surface area (Å²) in [6.45, 7) is 1.85. The highest BCUT2D eigenvalue weighted by Gasteiger charge is 2.20. The molecule has 2 heterocycles. The van der Waals surface area contributed by atoms with E-state index < -0.39 is 11.6 Å². The Kier molecular flexibility index (Phi) is 4.20. The minimum atomic E-state index is -0.707. The summed E-state index contributed by atoms with van der Waals surface area (Å²) >= 11 is 0.952. The Balaban J connectivity index is 1.85. The summed E-state index contributed by atoms with van der Waals surface area (Å²) in [6, 6.07) is 7.06. The van der Waals surface area contributed by atoms with Crippen molar-refractivity contribution >= 4 is 17.2 Å². The first kappa shape index (κ1) is 15.4. The molecule has 1 aromatic carbocycles. The lowest BCUT2D eigenvalue weighted by atomic mass is 10.2. The lowest BCUT2D eigenvalue weighted by Crippen LogP contribution is -2.22. The van der Waals surface area contributed by atoms with Gasteiger partial charge in [-0.15, -0.1) is 11.3 Å². The van der Waals surface area contributed by atoms with Crippen LogP contribution < -0.4 is 5.32 Å². The van der Waals surface area contributed by atoms with Crippen molar-refractivity contribution in [1.29, 1.82) is 0 Å². The highest BCUT2D eigenvalue weighted by Crippen LogP contribution is 2.31. The van der Waals surface area contributed by atoms with Crippen molar-refractivity contribution in [2.45, 2.75) is 13.5 Å². The van der Waals surface area contributed by atoms with Gasteiger partial charge in [0.2, 0.25) is 0 Å². The molecule has 0 aliphatic rings. The summed E-state index contributed by atoms with van der Waals surface area (Å²) < 4.78 is 32.8. The van der Waals surface area contributed by atoms with Gasteiger partial charge in [0.15, 0.2) is 0 Å². The molecular weight excluding hydrogens is 322 g/mol. The summed E-state index contributed by atoms with van der Waals surface area (Å²) in [6.07, 6.45) is 1.51. The molecule has 1 N–H and O–H groups in total. The minimum absolute atomic E-state index is 0.140. The predicted molar refractivity (Wildman–Crippen MR) is 82.1 cm³/mol. The third-order valence-electron chi connectivity index (χ3n) is 3.18. The van der Waals surface area contributed by atoms with E-state index in [1.807, 2.05) is 0 Å². The number of rotatable bonds is 4. The number of benzene rings is 1. The van der Waals surface area contributed by atoms with E-state index >= 15 is 0 Å². The molecule has 0 saturated carbocycles. The van der Waals surface area contributed by atoms with Gasteiger partial charge in [0, 0.05) is 0 Å². The summed E-state index contributed by atoms with van der Waals surface area (Å²) in [5.74, 6) is -1.16. The van der Waals surface area contributed by atoms with Crippen molar-refractivity contribution in [1.82, 2.24) is 10.3 Å². The van der Waals surface area contributed by atoms with Gasteiger partial charge in [-0.1, -0.05) is 6.07 Å². The Morgan fingerprint density at radius 1 is 1.26 bits per heavy atom. The molecule has 1 amide bonds. The van der Waals surface area contributed by atoms with Crippen molar-refractivity contribution in [2.75, 3.05) is 0 Å². The van der Waals surface area contributed by atoms with Crippen LogP contribution in [0.4, 0.5) is 8.78 Å². The van der Waals surface area contributed by atoms with Crippen LogP contribution in [0.15, 0.2) is 41.0 Å². The molecule has 0 atom stereocenters.